The summed E-state index contributed by atoms with van der Waals surface area (Å²) in [5.41, 5.74) is 2.01. The first-order valence-electron chi connectivity index (χ1n) is 6.59. The minimum absolute atomic E-state index is 0.0283. The average molecular weight is 305 g/mol. The second-order valence-corrected chi connectivity index (χ2v) is 5.39. The van der Waals surface area contributed by atoms with Gasteiger partial charge < -0.3 is 10.0 Å². The van der Waals surface area contributed by atoms with Gasteiger partial charge in [0.15, 0.2) is 0 Å². The van der Waals surface area contributed by atoms with Gasteiger partial charge in [0.2, 0.25) is 0 Å². The van der Waals surface area contributed by atoms with E-state index < -0.39 is 5.97 Å². The molecule has 1 unspecified atom stereocenters. The SMILES string of the molecule is Cc1cc(C(=O)O)cnc1N(C)C(C)c1ccccc1Cl. The number of carboxylic acid groups (broad SMARTS) is 1. The van der Waals surface area contributed by atoms with Crippen molar-refractivity contribution in [3.63, 3.8) is 0 Å². The molecule has 0 saturated heterocycles. The molecule has 4 nitrogen and oxygen atoms in total. The largest absolute Gasteiger partial charge is 0.478 e. The standard InChI is InChI=1S/C16H17ClN2O2/c1-10-8-12(16(20)21)9-18-15(10)19(3)11(2)13-6-4-5-7-14(13)17/h4-9,11H,1-3H3,(H,20,21). The number of aromatic nitrogens is 1. The minimum atomic E-state index is -0.973. The summed E-state index contributed by atoms with van der Waals surface area (Å²) >= 11 is 6.23. The van der Waals surface area contributed by atoms with Crippen molar-refractivity contribution in [1.82, 2.24) is 4.98 Å². The zero-order valence-electron chi connectivity index (χ0n) is 12.2. The summed E-state index contributed by atoms with van der Waals surface area (Å²) in [6, 6.07) is 9.32. The molecule has 21 heavy (non-hydrogen) atoms. The van der Waals surface area contributed by atoms with E-state index in [2.05, 4.69) is 4.98 Å². The molecule has 0 saturated carbocycles. The second-order valence-electron chi connectivity index (χ2n) is 4.98. The first-order chi connectivity index (χ1) is 9.91. The van der Waals surface area contributed by atoms with Crippen LogP contribution in [0.1, 0.15) is 34.5 Å². The summed E-state index contributed by atoms with van der Waals surface area (Å²) in [5.74, 6) is -0.230. The quantitative estimate of drug-likeness (QED) is 0.929. The summed E-state index contributed by atoms with van der Waals surface area (Å²) < 4.78 is 0. The van der Waals surface area contributed by atoms with Gasteiger partial charge in [0.25, 0.3) is 0 Å². The van der Waals surface area contributed by atoms with Crippen LogP contribution in [0.4, 0.5) is 5.82 Å². The monoisotopic (exact) mass is 304 g/mol. The molecule has 0 fully saturated rings. The van der Waals surface area contributed by atoms with Crippen molar-refractivity contribution in [2.45, 2.75) is 19.9 Å². The number of anilines is 1. The zero-order valence-corrected chi connectivity index (χ0v) is 12.9. The Labute approximate surface area is 129 Å². The highest BCUT2D eigenvalue weighted by Crippen LogP contribution is 2.30. The third kappa shape index (κ3) is 3.16. The number of rotatable bonds is 4. The number of hydrogen-bond acceptors (Lipinski definition) is 3. The van der Waals surface area contributed by atoms with Gasteiger partial charge in [-0.3, -0.25) is 0 Å². The molecule has 1 aromatic heterocycles. The van der Waals surface area contributed by atoms with E-state index in [4.69, 9.17) is 16.7 Å². The molecule has 1 aromatic carbocycles. The number of aromatic carboxylic acids is 1. The van der Waals surface area contributed by atoms with E-state index in [1.54, 1.807) is 6.07 Å². The molecule has 110 valence electrons. The fourth-order valence-electron chi connectivity index (χ4n) is 2.26. The average Bonchev–Trinajstić information content (AvgIpc) is 2.46. The van der Waals surface area contributed by atoms with E-state index in [0.717, 1.165) is 16.9 Å². The second kappa shape index (κ2) is 6.14. The van der Waals surface area contributed by atoms with Gasteiger partial charge in [-0.25, -0.2) is 9.78 Å². The molecule has 0 amide bonds. The van der Waals surface area contributed by atoms with Crippen molar-refractivity contribution >= 4 is 23.4 Å². The Kier molecular flexibility index (Phi) is 4.48. The predicted molar refractivity (Wildman–Crippen MR) is 84.2 cm³/mol. The van der Waals surface area contributed by atoms with Crippen molar-refractivity contribution < 1.29 is 9.90 Å². The van der Waals surface area contributed by atoms with E-state index in [0.29, 0.717) is 5.02 Å². The van der Waals surface area contributed by atoms with Gasteiger partial charge >= 0.3 is 5.97 Å². The summed E-state index contributed by atoms with van der Waals surface area (Å²) in [4.78, 5) is 17.2. The van der Waals surface area contributed by atoms with Gasteiger partial charge in [-0.15, -0.1) is 0 Å². The molecule has 1 N–H and O–H groups in total. The van der Waals surface area contributed by atoms with E-state index in [9.17, 15) is 4.79 Å². The summed E-state index contributed by atoms with van der Waals surface area (Å²) in [6.45, 7) is 3.89. The molecule has 0 aliphatic heterocycles. The topological polar surface area (TPSA) is 53.4 Å². The molecular formula is C16H17ClN2O2. The molecule has 5 heteroatoms. The van der Waals surface area contributed by atoms with Crippen LogP contribution < -0.4 is 4.90 Å². The first-order valence-corrected chi connectivity index (χ1v) is 6.96. The van der Waals surface area contributed by atoms with Crippen LogP contribution in [0, 0.1) is 6.92 Å². The molecule has 0 radical (unpaired) electrons. The number of carboxylic acids is 1. The van der Waals surface area contributed by atoms with Crippen molar-refractivity contribution in [3.05, 3.63) is 58.2 Å². The Morgan fingerprint density at radius 2 is 2.05 bits per heavy atom. The Morgan fingerprint density at radius 3 is 2.62 bits per heavy atom. The normalized spacial score (nSPS) is 12.0. The lowest BCUT2D eigenvalue weighted by atomic mass is 10.1. The molecule has 2 aromatic rings. The van der Waals surface area contributed by atoms with Crippen LogP contribution in [0.5, 0.6) is 0 Å². The van der Waals surface area contributed by atoms with Crippen molar-refractivity contribution in [2.75, 3.05) is 11.9 Å². The Balaban J connectivity index is 2.34. The van der Waals surface area contributed by atoms with Crippen LogP contribution in [-0.2, 0) is 0 Å². The van der Waals surface area contributed by atoms with Gasteiger partial charge in [-0.1, -0.05) is 29.8 Å². The van der Waals surface area contributed by atoms with Gasteiger partial charge in [0.1, 0.15) is 5.82 Å². The fourth-order valence-corrected chi connectivity index (χ4v) is 2.55. The van der Waals surface area contributed by atoms with E-state index in [-0.39, 0.29) is 11.6 Å². The van der Waals surface area contributed by atoms with E-state index >= 15 is 0 Å². The third-order valence-electron chi connectivity index (χ3n) is 3.57. The Bertz CT molecular complexity index is 673. The van der Waals surface area contributed by atoms with Crippen molar-refractivity contribution in [3.8, 4) is 0 Å². The molecule has 0 aliphatic rings. The number of hydrogen-bond donors (Lipinski definition) is 1. The highest BCUT2D eigenvalue weighted by molar-refractivity contribution is 6.31. The van der Waals surface area contributed by atoms with Crippen molar-refractivity contribution in [1.29, 1.82) is 0 Å². The van der Waals surface area contributed by atoms with Gasteiger partial charge in [-0.05, 0) is 37.1 Å². The van der Waals surface area contributed by atoms with Gasteiger partial charge in [-0.2, -0.15) is 0 Å². The van der Waals surface area contributed by atoms with Crippen LogP contribution in [0.3, 0.4) is 0 Å². The number of carbonyl (C=O) groups is 1. The number of nitrogens with zero attached hydrogens (tertiary/aromatic N) is 2. The molecular weight excluding hydrogens is 288 g/mol. The van der Waals surface area contributed by atoms with Gasteiger partial charge in [0, 0.05) is 18.3 Å². The van der Waals surface area contributed by atoms with Crippen LogP contribution in [0.2, 0.25) is 5.02 Å². The minimum Gasteiger partial charge on any atom is -0.478 e. The first kappa shape index (κ1) is 15.3. The van der Waals surface area contributed by atoms with Crippen molar-refractivity contribution in [2.24, 2.45) is 0 Å². The summed E-state index contributed by atoms with van der Waals surface area (Å²) in [6.07, 6.45) is 1.38. The molecule has 0 bridgehead atoms. The number of pyridine rings is 1. The maximum atomic E-state index is 11.0. The maximum absolute atomic E-state index is 11.0. The van der Waals surface area contributed by atoms with Crippen LogP contribution >= 0.6 is 11.6 Å². The summed E-state index contributed by atoms with van der Waals surface area (Å²) in [5, 5.41) is 9.70. The Morgan fingerprint density at radius 1 is 1.38 bits per heavy atom. The smallest absolute Gasteiger partial charge is 0.337 e. The fraction of sp³-hybridized carbons (Fsp3) is 0.250. The number of aryl methyl sites for hydroxylation is 1. The molecule has 0 aliphatic carbocycles. The van der Waals surface area contributed by atoms with Crippen LogP contribution in [-0.4, -0.2) is 23.1 Å². The highest BCUT2D eigenvalue weighted by Gasteiger charge is 2.18. The lowest BCUT2D eigenvalue weighted by Gasteiger charge is -2.28. The molecule has 1 heterocycles. The lowest BCUT2D eigenvalue weighted by Crippen LogP contribution is -2.24. The highest BCUT2D eigenvalue weighted by atomic mass is 35.5. The molecule has 0 spiro atoms. The third-order valence-corrected chi connectivity index (χ3v) is 3.91. The van der Waals surface area contributed by atoms with E-state index in [1.807, 2.05) is 50.1 Å². The lowest BCUT2D eigenvalue weighted by molar-refractivity contribution is 0.0696. The number of benzene rings is 1. The Hall–Kier alpha value is -2.07. The molecule has 2 rings (SSSR count). The number of halogens is 1. The predicted octanol–water partition coefficient (Wildman–Crippen LogP) is 3.94. The summed E-state index contributed by atoms with van der Waals surface area (Å²) in [7, 11) is 1.92. The zero-order chi connectivity index (χ0) is 15.6. The maximum Gasteiger partial charge on any atom is 0.337 e. The van der Waals surface area contributed by atoms with Crippen LogP contribution in [0.15, 0.2) is 36.5 Å². The van der Waals surface area contributed by atoms with Gasteiger partial charge in [0.05, 0.1) is 11.6 Å². The molecule has 1 atom stereocenters. The van der Waals surface area contributed by atoms with Crippen LogP contribution in [0.25, 0.3) is 0 Å². The van der Waals surface area contributed by atoms with E-state index in [1.165, 1.54) is 6.20 Å².